The van der Waals surface area contributed by atoms with Crippen molar-refractivity contribution in [3.05, 3.63) is 24.1 Å². The van der Waals surface area contributed by atoms with E-state index in [-0.39, 0.29) is 6.79 Å². The molecule has 2 aromatic rings. The Hall–Kier alpha value is -2.04. The molecule has 1 aromatic heterocycles. The van der Waals surface area contributed by atoms with E-state index in [2.05, 4.69) is 17.1 Å². The smallest absolute Gasteiger partial charge is 0.247 e. The Morgan fingerprint density at radius 2 is 2.06 bits per heavy atom. The molecule has 3 rings (SSSR count). The fourth-order valence-electron chi connectivity index (χ4n) is 1.71. The summed E-state index contributed by atoms with van der Waals surface area (Å²) in [7, 11) is 0. The van der Waals surface area contributed by atoms with E-state index < -0.39 is 0 Å². The van der Waals surface area contributed by atoms with Gasteiger partial charge in [0.25, 0.3) is 0 Å². The minimum atomic E-state index is 0.268. The molecule has 0 N–H and O–H groups in total. The standard InChI is InChI=1S/C12H12N2O3/c1-2-3-11-13-14-12(17-11)8-4-5-9-10(6-8)16-7-15-9/h4-6H,2-3,7H2,1H3. The number of aryl methyl sites for hydroxylation is 1. The summed E-state index contributed by atoms with van der Waals surface area (Å²) in [5.74, 6) is 2.66. The van der Waals surface area contributed by atoms with Crippen LogP contribution in [0, 0.1) is 0 Å². The van der Waals surface area contributed by atoms with Crippen molar-refractivity contribution in [3.63, 3.8) is 0 Å². The van der Waals surface area contributed by atoms with Crippen molar-refractivity contribution in [1.29, 1.82) is 0 Å². The first-order valence-electron chi connectivity index (χ1n) is 5.59. The minimum absolute atomic E-state index is 0.268. The van der Waals surface area contributed by atoms with Crippen molar-refractivity contribution < 1.29 is 13.9 Å². The monoisotopic (exact) mass is 232 g/mol. The molecule has 0 aliphatic carbocycles. The first kappa shape index (κ1) is 10.1. The summed E-state index contributed by atoms with van der Waals surface area (Å²) in [5, 5.41) is 8.00. The molecule has 0 saturated carbocycles. The molecule has 2 heterocycles. The van der Waals surface area contributed by atoms with Gasteiger partial charge in [0.1, 0.15) is 0 Å². The van der Waals surface area contributed by atoms with Gasteiger partial charge < -0.3 is 13.9 Å². The summed E-state index contributed by atoms with van der Waals surface area (Å²) in [6.07, 6.45) is 1.79. The van der Waals surface area contributed by atoms with Gasteiger partial charge in [0.2, 0.25) is 18.6 Å². The number of ether oxygens (including phenoxy) is 2. The maximum atomic E-state index is 5.55. The quantitative estimate of drug-likeness (QED) is 0.813. The van der Waals surface area contributed by atoms with Gasteiger partial charge in [-0.15, -0.1) is 10.2 Å². The van der Waals surface area contributed by atoms with Gasteiger partial charge in [-0.2, -0.15) is 0 Å². The van der Waals surface area contributed by atoms with Crippen LogP contribution in [0.2, 0.25) is 0 Å². The summed E-state index contributed by atoms with van der Waals surface area (Å²) in [6.45, 7) is 2.34. The van der Waals surface area contributed by atoms with Gasteiger partial charge in [-0.05, 0) is 24.6 Å². The molecule has 1 aliphatic rings. The van der Waals surface area contributed by atoms with Gasteiger partial charge in [-0.3, -0.25) is 0 Å². The number of benzene rings is 1. The minimum Gasteiger partial charge on any atom is -0.454 e. The summed E-state index contributed by atoms with van der Waals surface area (Å²) in [5.41, 5.74) is 0.851. The van der Waals surface area contributed by atoms with Crippen LogP contribution in [0.3, 0.4) is 0 Å². The number of fused-ring (bicyclic) bond motifs is 1. The molecule has 0 unspecified atom stereocenters. The molecule has 5 nitrogen and oxygen atoms in total. The second-order valence-corrected chi connectivity index (χ2v) is 3.82. The van der Waals surface area contributed by atoms with Gasteiger partial charge in [-0.25, -0.2) is 0 Å². The Kier molecular flexibility index (Phi) is 2.44. The molecule has 0 fully saturated rings. The van der Waals surface area contributed by atoms with Crippen molar-refractivity contribution >= 4 is 0 Å². The average molecular weight is 232 g/mol. The first-order chi connectivity index (χ1) is 8.36. The predicted octanol–water partition coefficient (Wildman–Crippen LogP) is 2.42. The summed E-state index contributed by atoms with van der Waals surface area (Å²) in [4.78, 5) is 0. The number of rotatable bonds is 3. The average Bonchev–Trinajstić information content (AvgIpc) is 2.96. The van der Waals surface area contributed by atoms with Crippen LogP contribution in [0.4, 0.5) is 0 Å². The molecule has 1 aromatic carbocycles. The van der Waals surface area contributed by atoms with Crippen LogP contribution in [0.5, 0.6) is 11.5 Å². The zero-order chi connectivity index (χ0) is 11.7. The van der Waals surface area contributed by atoms with Gasteiger partial charge in [-0.1, -0.05) is 6.92 Å². The SMILES string of the molecule is CCCc1nnc(-c2ccc3c(c2)OCO3)o1. The molecule has 0 spiro atoms. The van der Waals surface area contributed by atoms with Gasteiger partial charge in [0.05, 0.1) is 0 Å². The van der Waals surface area contributed by atoms with Crippen molar-refractivity contribution in [2.75, 3.05) is 6.79 Å². The highest BCUT2D eigenvalue weighted by Gasteiger charge is 2.16. The highest BCUT2D eigenvalue weighted by Crippen LogP contribution is 2.35. The number of hydrogen-bond acceptors (Lipinski definition) is 5. The summed E-state index contributed by atoms with van der Waals surface area (Å²) >= 11 is 0. The Labute approximate surface area is 98.4 Å². The van der Waals surface area contributed by atoms with E-state index in [9.17, 15) is 0 Å². The van der Waals surface area contributed by atoms with Crippen molar-refractivity contribution in [2.45, 2.75) is 19.8 Å². The molecular formula is C12H12N2O3. The van der Waals surface area contributed by atoms with E-state index in [1.807, 2.05) is 18.2 Å². The maximum absolute atomic E-state index is 5.55. The van der Waals surface area contributed by atoms with Gasteiger partial charge >= 0.3 is 0 Å². The predicted molar refractivity (Wildman–Crippen MR) is 59.9 cm³/mol. The molecule has 1 aliphatic heterocycles. The third-order valence-corrected chi connectivity index (χ3v) is 2.55. The van der Waals surface area contributed by atoms with Crippen LogP contribution in [-0.4, -0.2) is 17.0 Å². The highest BCUT2D eigenvalue weighted by molar-refractivity contribution is 5.60. The van der Waals surface area contributed by atoms with Crippen LogP contribution >= 0.6 is 0 Å². The fraction of sp³-hybridized carbons (Fsp3) is 0.333. The molecule has 0 bridgehead atoms. The van der Waals surface area contributed by atoms with E-state index >= 15 is 0 Å². The van der Waals surface area contributed by atoms with Crippen LogP contribution in [-0.2, 0) is 6.42 Å². The topological polar surface area (TPSA) is 57.4 Å². The molecule has 0 radical (unpaired) electrons. The molecule has 0 amide bonds. The number of hydrogen-bond donors (Lipinski definition) is 0. The lowest BCUT2D eigenvalue weighted by Crippen LogP contribution is -1.92. The van der Waals surface area contributed by atoms with Crippen LogP contribution in [0.15, 0.2) is 22.6 Å². The van der Waals surface area contributed by atoms with Crippen LogP contribution < -0.4 is 9.47 Å². The van der Waals surface area contributed by atoms with E-state index in [0.29, 0.717) is 11.8 Å². The molecule has 17 heavy (non-hydrogen) atoms. The van der Waals surface area contributed by atoms with E-state index in [0.717, 1.165) is 29.9 Å². The first-order valence-corrected chi connectivity index (χ1v) is 5.59. The summed E-state index contributed by atoms with van der Waals surface area (Å²) in [6, 6.07) is 5.59. The third kappa shape index (κ3) is 1.84. The van der Waals surface area contributed by atoms with E-state index in [1.54, 1.807) is 0 Å². The molecular weight excluding hydrogens is 220 g/mol. The van der Waals surface area contributed by atoms with E-state index in [1.165, 1.54) is 0 Å². The largest absolute Gasteiger partial charge is 0.454 e. The lowest BCUT2D eigenvalue weighted by Gasteiger charge is -1.97. The van der Waals surface area contributed by atoms with Crippen molar-refractivity contribution in [3.8, 4) is 23.0 Å². The zero-order valence-electron chi connectivity index (χ0n) is 9.47. The van der Waals surface area contributed by atoms with E-state index in [4.69, 9.17) is 13.9 Å². The Bertz CT molecular complexity index is 536. The zero-order valence-corrected chi connectivity index (χ0v) is 9.47. The lowest BCUT2D eigenvalue weighted by molar-refractivity contribution is 0.174. The lowest BCUT2D eigenvalue weighted by atomic mass is 10.2. The van der Waals surface area contributed by atoms with Crippen molar-refractivity contribution in [1.82, 2.24) is 10.2 Å². The number of aromatic nitrogens is 2. The molecule has 88 valence electrons. The van der Waals surface area contributed by atoms with Gasteiger partial charge in [0, 0.05) is 12.0 Å². The summed E-state index contributed by atoms with van der Waals surface area (Å²) < 4.78 is 16.1. The second kappa shape index (κ2) is 4.08. The Balaban J connectivity index is 1.92. The Morgan fingerprint density at radius 1 is 1.18 bits per heavy atom. The van der Waals surface area contributed by atoms with Crippen LogP contribution in [0.1, 0.15) is 19.2 Å². The highest BCUT2D eigenvalue weighted by atomic mass is 16.7. The fourth-order valence-corrected chi connectivity index (χ4v) is 1.71. The van der Waals surface area contributed by atoms with Crippen molar-refractivity contribution in [2.24, 2.45) is 0 Å². The van der Waals surface area contributed by atoms with Crippen LogP contribution in [0.25, 0.3) is 11.5 Å². The molecule has 0 atom stereocenters. The molecule has 0 saturated heterocycles. The third-order valence-electron chi connectivity index (χ3n) is 2.55. The maximum Gasteiger partial charge on any atom is 0.247 e. The molecule has 5 heteroatoms. The number of nitrogens with zero attached hydrogens (tertiary/aromatic N) is 2. The Morgan fingerprint density at radius 3 is 2.94 bits per heavy atom. The second-order valence-electron chi connectivity index (χ2n) is 3.82. The van der Waals surface area contributed by atoms with Gasteiger partial charge in [0.15, 0.2) is 11.5 Å². The normalized spacial score (nSPS) is 13.0.